The number of nitrogens with two attached hydrogens (primary N) is 1. The molecule has 3 N–H and O–H groups in total. The lowest BCUT2D eigenvalue weighted by molar-refractivity contribution is -0.699. The van der Waals surface area contributed by atoms with E-state index in [1.807, 2.05) is 4.90 Å². The number of benzene rings is 1. The third-order valence-corrected chi connectivity index (χ3v) is 6.77. The Labute approximate surface area is 165 Å². The highest BCUT2D eigenvalue weighted by Crippen LogP contribution is 2.43. The van der Waals surface area contributed by atoms with Crippen molar-refractivity contribution in [2.75, 3.05) is 24.5 Å². The second kappa shape index (κ2) is 6.46. The van der Waals surface area contributed by atoms with E-state index in [1.165, 1.54) is 18.7 Å². The molecule has 0 amide bonds. The highest BCUT2D eigenvalue weighted by atomic mass is 35.5. The minimum atomic E-state index is -1.30. The summed E-state index contributed by atoms with van der Waals surface area (Å²) in [6.45, 7) is 2.58. The van der Waals surface area contributed by atoms with Gasteiger partial charge in [0.05, 0.1) is 34.7 Å². The lowest BCUT2D eigenvalue weighted by atomic mass is 9.94. The van der Waals surface area contributed by atoms with Crippen LogP contribution in [0.15, 0.2) is 17.1 Å². The number of rotatable bonds is 3. The van der Waals surface area contributed by atoms with Gasteiger partial charge in [0.1, 0.15) is 17.4 Å². The van der Waals surface area contributed by atoms with E-state index in [9.17, 15) is 14.7 Å². The number of hydrogen-bond acceptors (Lipinski definition) is 3. The second-order valence-electron chi connectivity index (χ2n) is 8.23. The molecule has 28 heavy (non-hydrogen) atoms. The molecular formula is C20H22ClFN3O3+. The molecule has 0 radical (unpaired) electrons. The largest absolute Gasteiger partial charge is 0.477 e. The molecule has 5 rings (SSSR count). The van der Waals surface area contributed by atoms with E-state index < -0.39 is 17.2 Å². The Morgan fingerprint density at radius 3 is 2.75 bits per heavy atom. The highest BCUT2D eigenvalue weighted by molar-refractivity contribution is 6.38. The quantitative estimate of drug-likeness (QED) is 0.817. The summed E-state index contributed by atoms with van der Waals surface area (Å²) in [7, 11) is 0. The van der Waals surface area contributed by atoms with Crippen LogP contribution in [0.2, 0.25) is 5.02 Å². The third-order valence-electron chi connectivity index (χ3n) is 6.41. The average molecular weight is 407 g/mol. The number of quaternary nitrogens is 1. The van der Waals surface area contributed by atoms with Gasteiger partial charge in [-0.05, 0) is 31.7 Å². The summed E-state index contributed by atoms with van der Waals surface area (Å²) in [6.07, 6.45) is 5.46. The monoisotopic (exact) mass is 406 g/mol. The molecule has 0 unspecified atom stereocenters. The molecule has 2 atom stereocenters. The molecule has 2 saturated heterocycles. The maximum atomic E-state index is 15.1. The van der Waals surface area contributed by atoms with Gasteiger partial charge in [0.15, 0.2) is 0 Å². The SMILES string of the molecule is O=C(O)c1cn(C2CC2)c2c(Cl)c(N3C[C@@H]4CCC[NH2+][C@@H]4C3)c(F)cc2c1=O. The number of hydrogen-bond donors (Lipinski definition) is 2. The zero-order chi connectivity index (χ0) is 19.6. The van der Waals surface area contributed by atoms with Crippen LogP contribution in [0, 0.1) is 11.7 Å². The molecule has 3 fully saturated rings. The van der Waals surface area contributed by atoms with Gasteiger partial charge in [0.2, 0.25) is 5.43 Å². The van der Waals surface area contributed by atoms with Crippen LogP contribution < -0.4 is 15.6 Å². The van der Waals surface area contributed by atoms with Crippen molar-refractivity contribution in [3.8, 4) is 0 Å². The fourth-order valence-corrected chi connectivity index (χ4v) is 5.29. The standard InChI is InChI=1S/C20H21ClFN3O3/c21-16-17-12(19(26)13(20(27)28)8-25(17)11-3-4-11)6-14(22)18(16)24-7-10-2-1-5-23-15(10)9-24/h6,8,10-11,15,23H,1-5,7,9H2,(H,27,28)/p+1/t10-,15+/m0/s1. The van der Waals surface area contributed by atoms with Gasteiger partial charge in [-0.25, -0.2) is 9.18 Å². The van der Waals surface area contributed by atoms with Gasteiger partial charge < -0.3 is 19.9 Å². The normalized spacial score (nSPS) is 24.6. The molecular weight excluding hydrogens is 385 g/mol. The van der Waals surface area contributed by atoms with Gasteiger partial charge in [-0.1, -0.05) is 11.6 Å². The second-order valence-corrected chi connectivity index (χ2v) is 8.61. The number of piperidine rings is 1. The Morgan fingerprint density at radius 2 is 2.07 bits per heavy atom. The number of carboxylic acid groups (broad SMARTS) is 1. The number of aromatic carboxylic acids is 1. The summed E-state index contributed by atoms with van der Waals surface area (Å²) in [5, 5.41) is 12.0. The fraction of sp³-hybridized carbons (Fsp3) is 0.500. The molecule has 1 saturated carbocycles. The average Bonchev–Trinajstić information content (AvgIpc) is 3.41. The minimum absolute atomic E-state index is 0.0428. The molecule has 1 aromatic heterocycles. The summed E-state index contributed by atoms with van der Waals surface area (Å²) in [4.78, 5) is 26.2. The van der Waals surface area contributed by atoms with Crippen molar-refractivity contribution >= 4 is 34.2 Å². The van der Waals surface area contributed by atoms with Crippen LogP contribution in [0.25, 0.3) is 10.9 Å². The van der Waals surface area contributed by atoms with E-state index in [-0.39, 0.29) is 22.0 Å². The summed E-state index contributed by atoms with van der Waals surface area (Å²) in [5.41, 5.74) is -0.233. The Hall–Kier alpha value is -2.12. The Bertz CT molecular complexity index is 1040. The Kier molecular flexibility index (Phi) is 4.14. The zero-order valence-electron chi connectivity index (χ0n) is 15.3. The predicted octanol–water partition coefficient (Wildman–Crippen LogP) is 1.99. The predicted molar refractivity (Wildman–Crippen MR) is 104 cm³/mol. The van der Waals surface area contributed by atoms with Gasteiger partial charge in [0.25, 0.3) is 0 Å². The molecule has 2 aliphatic heterocycles. The first kappa shape index (κ1) is 17.9. The van der Waals surface area contributed by atoms with E-state index in [1.54, 1.807) is 4.57 Å². The van der Waals surface area contributed by atoms with E-state index in [2.05, 4.69) is 5.32 Å². The van der Waals surface area contributed by atoms with Crippen LogP contribution in [0.3, 0.4) is 0 Å². The van der Waals surface area contributed by atoms with Crippen molar-refractivity contribution in [3.63, 3.8) is 0 Å². The number of fused-ring (bicyclic) bond motifs is 2. The van der Waals surface area contributed by atoms with Crippen LogP contribution >= 0.6 is 11.6 Å². The van der Waals surface area contributed by atoms with E-state index in [0.717, 1.165) is 38.9 Å². The zero-order valence-corrected chi connectivity index (χ0v) is 16.1. The first-order valence-corrected chi connectivity index (χ1v) is 10.2. The topological polar surface area (TPSA) is 79.2 Å². The maximum absolute atomic E-state index is 15.1. The molecule has 3 heterocycles. The number of nitrogens with zero attached hydrogens (tertiary/aromatic N) is 2. The van der Waals surface area contributed by atoms with Gasteiger partial charge >= 0.3 is 5.97 Å². The van der Waals surface area contributed by atoms with Crippen LogP contribution in [0.4, 0.5) is 10.1 Å². The van der Waals surface area contributed by atoms with E-state index >= 15 is 4.39 Å². The number of carboxylic acids is 1. The first-order chi connectivity index (χ1) is 13.5. The lowest BCUT2D eigenvalue weighted by Gasteiger charge is -2.22. The van der Waals surface area contributed by atoms with Crippen molar-refractivity contribution in [2.24, 2.45) is 5.92 Å². The fourth-order valence-electron chi connectivity index (χ4n) is 4.88. The summed E-state index contributed by atoms with van der Waals surface area (Å²) >= 11 is 6.71. The molecule has 8 heteroatoms. The molecule has 1 aliphatic carbocycles. The maximum Gasteiger partial charge on any atom is 0.341 e. The lowest BCUT2D eigenvalue weighted by Crippen LogP contribution is -2.93. The van der Waals surface area contributed by atoms with Crippen LogP contribution in [-0.4, -0.2) is 41.3 Å². The van der Waals surface area contributed by atoms with Crippen molar-refractivity contribution in [3.05, 3.63) is 38.9 Å². The van der Waals surface area contributed by atoms with Crippen LogP contribution in [0.1, 0.15) is 42.1 Å². The number of carbonyl (C=O) groups is 1. The molecule has 6 nitrogen and oxygen atoms in total. The van der Waals surface area contributed by atoms with Crippen LogP contribution in [0.5, 0.6) is 0 Å². The first-order valence-electron chi connectivity index (χ1n) is 9.84. The third kappa shape index (κ3) is 2.71. The highest BCUT2D eigenvalue weighted by Gasteiger charge is 2.39. The Morgan fingerprint density at radius 1 is 1.29 bits per heavy atom. The van der Waals surface area contributed by atoms with Crippen molar-refractivity contribution < 1.29 is 19.6 Å². The van der Waals surface area contributed by atoms with E-state index in [4.69, 9.17) is 11.6 Å². The Balaban J connectivity index is 1.70. The molecule has 0 bridgehead atoms. The number of aromatic nitrogens is 1. The van der Waals surface area contributed by atoms with Gasteiger partial charge in [-0.15, -0.1) is 0 Å². The summed E-state index contributed by atoms with van der Waals surface area (Å²) in [6, 6.07) is 1.72. The number of halogens is 2. The minimum Gasteiger partial charge on any atom is -0.477 e. The smallest absolute Gasteiger partial charge is 0.341 e. The summed E-state index contributed by atoms with van der Waals surface area (Å²) < 4.78 is 16.9. The molecule has 1 aromatic carbocycles. The molecule has 148 valence electrons. The molecule has 3 aliphatic rings. The number of anilines is 1. The van der Waals surface area contributed by atoms with Crippen molar-refractivity contribution in [1.82, 2.24) is 4.57 Å². The van der Waals surface area contributed by atoms with Gasteiger partial charge in [-0.2, -0.15) is 0 Å². The van der Waals surface area contributed by atoms with Gasteiger partial charge in [-0.3, -0.25) is 4.79 Å². The van der Waals surface area contributed by atoms with E-state index in [0.29, 0.717) is 23.2 Å². The van der Waals surface area contributed by atoms with Gasteiger partial charge in [0, 0.05) is 24.7 Å². The van der Waals surface area contributed by atoms with Crippen LogP contribution in [-0.2, 0) is 0 Å². The summed E-state index contributed by atoms with van der Waals surface area (Å²) in [5.74, 6) is -1.35. The molecule has 0 spiro atoms. The van der Waals surface area contributed by atoms with Crippen molar-refractivity contribution in [2.45, 2.75) is 37.8 Å². The van der Waals surface area contributed by atoms with Crippen molar-refractivity contribution in [1.29, 1.82) is 0 Å². The number of pyridine rings is 1. The molecule has 2 aromatic rings.